The molecule has 3 aromatic carbocycles. The summed E-state index contributed by atoms with van der Waals surface area (Å²) in [7, 11) is 0. The second-order valence-corrected chi connectivity index (χ2v) is 8.57. The number of halogens is 1. The van der Waals surface area contributed by atoms with Crippen LogP contribution in [0.5, 0.6) is 0 Å². The van der Waals surface area contributed by atoms with Crippen molar-refractivity contribution in [3.63, 3.8) is 0 Å². The predicted molar refractivity (Wildman–Crippen MR) is 126 cm³/mol. The zero-order chi connectivity index (χ0) is 21.5. The molecular formula is C24H23ClN2O2S. The summed E-state index contributed by atoms with van der Waals surface area (Å²) >= 11 is 7.44. The maximum Gasteiger partial charge on any atom is 0.255 e. The monoisotopic (exact) mass is 438 g/mol. The van der Waals surface area contributed by atoms with Gasteiger partial charge >= 0.3 is 0 Å². The SMILES string of the molecule is CCC(Sc1cccc(NC(=O)c2cccc(Cl)c2)c1)C(=O)Nc1ccc(C)cc1. The molecule has 0 aliphatic rings. The predicted octanol–water partition coefficient (Wildman–Crippen LogP) is 6.41. The fourth-order valence-corrected chi connectivity index (χ4v) is 4.03. The lowest BCUT2D eigenvalue weighted by Gasteiger charge is -2.15. The van der Waals surface area contributed by atoms with Crippen molar-refractivity contribution in [2.45, 2.75) is 30.4 Å². The number of carbonyl (C=O) groups excluding carboxylic acids is 2. The first-order chi connectivity index (χ1) is 14.4. The van der Waals surface area contributed by atoms with Crippen LogP contribution in [0, 0.1) is 6.92 Å². The van der Waals surface area contributed by atoms with E-state index in [1.807, 2.05) is 62.4 Å². The second kappa shape index (κ2) is 10.3. The van der Waals surface area contributed by atoms with E-state index in [4.69, 9.17) is 11.6 Å². The van der Waals surface area contributed by atoms with Gasteiger partial charge in [0.15, 0.2) is 0 Å². The topological polar surface area (TPSA) is 58.2 Å². The number of nitrogens with one attached hydrogen (secondary N) is 2. The number of benzene rings is 3. The molecule has 0 spiro atoms. The van der Waals surface area contributed by atoms with Crippen LogP contribution in [-0.4, -0.2) is 17.1 Å². The Morgan fingerprint density at radius 2 is 1.67 bits per heavy atom. The summed E-state index contributed by atoms with van der Waals surface area (Å²) in [5.41, 5.74) is 3.08. The third kappa shape index (κ3) is 6.12. The molecular weight excluding hydrogens is 416 g/mol. The third-order valence-corrected chi connectivity index (χ3v) is 6.03. The molecule has 0 aromatic heterocycles. The molecule has 2 amide bonds. The molecule has 0 bridgehead atoms. The van der Waals surface area contributed by atoms with Crippen molar-refractivity contribution < 1.29 is 9.59 Å². The highest BCUT2D eigenvalue weighted by Gasteiger charge is 2.18. The van der Waals surface area contributed by atoms with Gasteiger partial charge < -0.3 is 10.6 Å². The molecule has 154 valence electrons. The lowest BCUT2D eigenvalue weighted by Crippen LogP contribution is -2.24. The smallest absolute Gasteiger partial charge is 0.255 e. The summed E-state index contributed by atoms with van der Waals surface area (Å²) < 4.78 is 0. The Morgan fingerprint density at radius 1 is 0.933 bits per heavy atom. The third-order valence-electron chi connectivity index (χ3n) is 4.44. The van der Waals surface area contributed by atoms with Gasteiger partial charge in [0, 0.05) is 26.9 Å². The molecule has 1 unspecified atom stereocenters. The van der Waals surface area contributed by atoms with Gasteiger partial charge in [-0.25, -0.2) is 0 Å². The molecule has 0 aliphatic heterocycles. The standard InChI is InChI=1S/C24H23ClN2O2S/c1-3-22(24(29)26-19-12-10-16(2)11-13-19)30-21-9-5-8-20(15-21)27-23(28)17-6-4-7-18(25)14-17/h4-15,22H,3H2,1-2H3,(H,26,29)(H,27,28). The summed E-state index contributed by atoms with van der Waals surface area (Å²) in [5.74, 6) is -0.275. The normalized spacial score (nSPS) is 11.6. The van der Waals surface area contributed by atoms with Crippen LogP contribution in [0.3, 0.4) is 0 Å². The van der Waals surface area contributed by atoms with Crippen molar-refractivity contribution >= 4 is 46.6 Å². The highest BCUT2D eigenvalue weighted by molar-refractivity contribution is 8.00. The van der Waals surface area contributed by atoms with Crippen molar-refractivity contribution in [2.24, 2.45) is 0 Å². The summed E-state index contributed by atoms with van der Waals surface area (Å²) in [4.78, 5) is 26.1. The van der Waals surface area contributed by atoms with E-state index >= 15 is 0 Å². The Bertz CT molecular complexity index is 1040. The van der Waals surface area contributed by atoms with E-state index in [1.54, 1.807) is 24.3 Å². The number of aryl methyl sites for hydroxylation is 1. The average Bonchev–Trinajstić information content (AvgIpc) is 2.74. The molecule has 4 nitrogen and oxygen atoms in total. The van der Waals surface area contributed by atoms with E-state index in [1.165, 1.54) is 11.8 Å². The van der Waals surface area contributed by atoms with Gasteiger partial charge in [0.2, 0.25) is 5.91 Å². The Labute approximate surface area is 186 Å². The molecule has 0 saturated heterocycles. The lowest BCUT2D eigenvalue weighted by molar-refractivity contribution is -0.115. The lowest BCUT2D eigenvalue weighted by atomic mass is 10.2. The minimum Gasteiger partial charge on any atom is -0.325 e. The van der Waals surface area contributed by atoms with Gasteiger partial charge in [0.25, 0.3) is 5.91 Å². The number of hydrogen-bond donors (Lipinski definition) is 2. The van der Waals surface area contributed by atoms with E-state index in [0.717, 1.165) is 16.1 Å². The largest absolute Gasteiger partial charge is 0.325 e. The number of amides is 2. The van der Waals surface area contributed by atoms with Crippen molar-refractivity contribution in [3.05, 3.63) is 88.9 Å². The van der Waals surface area contributed by atoms with E-state index in [2.05, 4.69) is 10.6 Å². The van der Waals surface area contributed by atoms with Crippen LogP contribution in [-0.2, 0) is 4.79 Å². The molecule has 0 aliphatic carbocycles. The minimum atomic E-state index is -0.245. The fraction of sp³-hybridized carbons (Fsp3) is 0.167. The fourth-order valence-electron chi connectivity index (χ4n) is 2.83. The molecule has 0 fully saturated rings. The Morgan fingerprint density at radius 3 is 2.37 bits per heavy atom. The number of carbonyl (C=O) groups is 2. The number of hydrogen-bond acceptors (Lipinski definition) is 3. The molecule has 0 heterocycles. The molecule has 30 heavy (non-hydrogen) atoms. The van der Waals surface area contributed by atoms with Crippen molar-refractivity contribution in [1.29, 1.82) is 0 Å². The van der Waals surface area contributed by atoms with E-state index in [0.29, 0.717) is 22.7 Å². The molecule has 0 radical (unpaired) electrons. The van der Waals surface area contributed by atoms with Crippen LogP contribution < -0.4 is 10.6 Å². The first kappa shape index (κ1) is 21.9. The summed E-state index contributed by atoms with van der Waals surface area (Å²) in [6.07, 6.45) is 0.682. The van der Waals surface area contributed by atoms with Crippen LogP contribution in [0.4, 0.5) is 11.4 Å². The first-order valence-corrected chi connectivity index (χ1v) is 10.9. The van der Waals surface area contributed by atoms with Gasteiger partial charge in [-0.2, -0.15) is 0 Å². The van der Waals surface area contributed by atoms with Crippen LogP contribution in [0.15, 0.2) is 77.7 Å². The summed E-state index contributed by atoms with van der Waals surface area (Å²) in [6, 6.07) is 22.0. The van der Waals surface area contributed by atoms with Crippen LogP contribution >= 0.6 is 23.4 Å². The van der Waals surface area contributed by atoms with E-state index in [-0.39, 0.29) is 17.1 Å². The van der Waals surface area contributed by atoms with Gasteiger partial charge in [-0.1, -0.05) is 48.4 Å². The molecule has 3 rings (SSSR count). The number of rotatable bonds is 7. The Kier molecular flexibility index (Phi) is 7.55. The zero-order valence-corrected chi connectivity index (χ0v) is 18.4. The van der Waals surface area contributed by atoms with Gasteiger partial charge in [-0.3, -0.25) is 9.59 Å². The summed E-state index contributed by atoms with van der Waals surface area (Å²) in [6.45, 7) is 3.99. The maximum absolute atomic E-state index is 12.7. The van der Waals surface area contributed by atoms with Crippen LogP contribution in [0.2, 0.25) is 5.02 Å². The minimum absolute atomic E-state index is 0.0419. The molecule has 3 aromatic rings. The number of anilines is 2. The second-order valence-electron chi connectivity index (χ2n) is 6.86. The summed E-state index contributed by atoms with van der Waals surface area (Å²) in [5, 5.41) is 6.12. The highest BCUT2D eigenvalue weighted by atomic mass is 35.5. The van der Waals surface area contributed by atoms with Gasteiger partial charge in [0.1, 0.15) is 0 Å². The Balaban J connectivity index is 1.66. The van der Waals surface area contributed by atoms with Crippen LogP contribution in [0.1, 0.15) is 29.3 Å². The molecule has 1 atom stereocenters. The molecule has 2 N–H and O–H groups in total. The first-order valence-electron chi connectivity index (χ1n) is 9.66. The molecule has 0 saturated carbocycles. The zero-order valence-electron chi connectivity index (χ0n) is 16.8. The van der Waals surface area contributed by atoms with Crippen LogP contribution in [0.25, 0.3) is 0 Å². The number of thioether (sulfide) groups is 1. The molecule has 6 heteroatoms. The highest BCUT2D eigenvalue weighted by Crippen LogP contribution is 2.29. The van der Waals surface area contributed by atoms with Crippen molar-refractivity contribution in [1.82, 2.24) is 0 Å². The maximum atomic E-state index is 12.7. The quantitative estimate of drug-likeness (QED) is 0.419. The van der Waals surface area contributed by atoms with E-state index in [9.17, 15) is 9.59 Å². The average molecular weight is 439 g/mol. The van der Waals surface area contributed by atoms with Crippen molar-refractivity contribution in [2.75, 3.05) is 10.6 Å². The Hall–Kier alpha value is -2.76. The van der Waals surface area contributed by atoms with Gasteiger partial charge in [-0.05, 0) is 61.9 Å². The van der Waals surface area contributed by atoms with E-state index < -0.39 is 0 Å². The van der Waals surface area contributed by atoms with Crippen molar-refractivity contribution in [3.8, 4) is 0 Å². The van der Waals surface area contributed by atoms with Gasteiger partial charge in [0.05, 0.1) is 5.25 Å². The van der Waals surface area contributed by atoms with Gasteiger partial charge in [-0.15, -0.1) is 11.8 Å².